The molecule has 0 aliphatic carbocycles. The molecule has 2 aromatic heterocycles. The minimum atomic E-state index is -4.81. The fraction of sp³-hybridized carbons (Fsp3) is 0.345. The van der Waals surface area contributed by atoms with Gasteiger partial charge in [0.2, 0.25) is 5.91 Å². The summed E-state index contributed by atoms with van der Waals surface area (Å²) in [6.07, 6.45) is -2.38. The number of fused-ring (bicyclic) bond motifs is 2. The number of halogens is 5. The lowest BCUT2D eigenvalue weighted by Gasteiger charge is -2.33. The van der Waals surface area contributed by atoms with E-state index in [1.165, 1.54) is 37.3 Å². The Morgan fingerprint density at radius 1 is 1.07 bits per heavy atom. The number of hydrogen-bond acceptors (Lipinski definition) is 5. The molecule has 0 fully saturated rings. The largest absolute Gasteiger partial charge is 0.573 e. The second-order valence-corrected chi connectivity index (χ2v) is 10.4. The van der Waals surface area contributed by atoms with E-state index in [2.05, 4.69) is 9.84 Å². The van der Waals surface area contributed by atoms with E-state index in [0.717, 1.165) is 23.2 Å². The molecule has 42 heavy (non-hydrogen) atoms. The Labute approximate surface area is 237 Å². The first-order valence-corrected chi connectivity index (χ1v) is 13.4. The Morgan fingerprint density at radius 2 is 1.83 bits per heavy atom. The first kappa shape index (κ1) is 27.7. The molecule has 4 heterocycles. The third-order valence-corrected chi connectivity index (χ3v) is 7.67. The number of rotatable bonds is 5. The second kappa shape index (κ2) is 10.4. The van der Waals surface area contributed by atoms with E-state index in [1.54, 1.807) is 39.8 Å². The minimum absolute atomic E-state index is 0.104. The topological polar surface area (TPSA) is 68.4 Å². The van der Waals surface area contributed by atoms with Crippen molar-refractivity contribution in [2.45, 2.75) is 45.5 Å². The van der Waals surface area contributed by atoms with Gasteiger partial charge in [-0.1, -0.05) is 0 Å². The molecule has 0 saturated carbocycles. The van der Waals surface area contributed by atoms with Crippen molar-refractivity contribution in [1.82, 2.24) is 24.5 Å². The van der Waals surface area contributed by atoms with E-state index in [4.69, 9.17) is 5.10 Å². The van der Waals surface area contributed by atoms with Gasteiger partial charge in [-0.15, -0.1) is 18.3 Å². The fourth-order valence-electron chi connectivity index (χ4n) is 5.75. The second-order valence-electron chi connectivity index (χ2n) is 10.4. The molecule has 0 bridgehead atoms. The van der Waals surface area contributed by atoms with Crippen LogP contribution in [0.5, 0.6) is 5.75 Å². The maximum absolute atomic E-state index is 14.4. The average Bonchev–Trinajstić information content (AvgIpc) is 3.55. The summed E-state index contributed by atoms with van der Waals surface area (Å²) in [5.41, 5.74) is 4.51. The van der Waals surface area contributed by atoms with Crippen molar-refractivity contribution in [3.8, 4) is 22.6 Å². The number of carbonyl (C=O) groups is 1. The molecule has 0 radical (unpaired) electrons. The zero-order chi connectivity index (χ0) is 29.8. The van der Waals surface area contributed by atoms with Crippen LogP contribution in [0.4, 0.5) is 33.5 Å². The quantitative estimate of drug-likeness (QED) is 0.265. The zero-order valence-electron chi connectivity index (χ0n) is 22.8. The molecular weight excluding hydrogens is 559 g/mol. The van der Waals surface area contributed by atoms with Gasteiger partial charge in [0.25, 0.3) is 6.43 Å². The summed E-state index contributed by atoms with van der Waals surface area (Å²) in [5.74, 6) is 0.0687. The molecular formula is C29H27F5N6O2. The molecule has 220 valence electrons. The first-order chi connectivity index (χ1) is 20.0. The lowest BCUT2D eigenvalue weighted by atomic mass is 9.92. The summed E-state index contributed by atoms with van der Waals surface area (Å²) in [7, 11) is 1.73. The Hall–Kier alpha value is -4.42. The lowest BCUT2D eigenvalue weighted by molar-refractivity contribution is -0.274. The van der Waals surface area contributed by atoms with Gasteiger partial charge >= 0.3 is 6.36 Å². The summed E-state index contributed by atoms with van der Waals surface area (Å²) in [6, 6.07) is 8.70. The Morgan fingerprint density at radius 3 is 2.48 bits per heavy atom. The number of aryl methyl sites for hydroxylation is 2. The molecule has 2 aromatic carbocycles. The summed E-state index contributed by atoms with van der Waals surface area (Å²) < 4.78 is 74.1. The fourth-order valence-corrected chi connectivity index (χ4v) is 5.75. The van der Waals surface area contributed by atoms with Crippen molar-refractivity contribution in [2.24, 2.45) is 7.05 Å². The third kappa shape index (κ3) is 5.19. The van der Waals surface area contributed by atoms with Crippen LogP contribution in [0, 0.1) is 0 Å². The van der Waals surface area contributed by atoms with E-state index in [0.29, 0.717) is 54.3 Å². The van der Waals surface area contributed by atoms with Crippen LogP contribution in [0.2, 0.25) is 0 Å². The molecule has 2 aliphatic rings. The monoisotopic (exact) mass is 586 g/mol. The number of anilines is 2. The maximum Gasteiger partial charge on any atom is 0.573 e. The van der Waals surface area contributed by atoms with Gasteiger partial charge in [-0.3, -0.25) is 9.48 Å². The normalized spacial score (nSPS) is 15.1. The lowest BCUT2D eigenvalue weighted by Crippen LogP contribution is -2.35. The van der Waals surface area contributed by atoms with E-state index in [-0.39, 0.29) is 23.8 Å². The number of carbonyl (C=O) groups excluding carboxylic acids is 1. The van der Waals surface area contributed by atoms with Crippen LogP contribution in [0.3, 0.4) is 0 Å². The average molecular weight is 587 g/mol. The van der Waals surface area contributed by atoms with Crippen LogP contribution in [-0.4, -0.2) is 49.8 Å². The highest BCUT2D eigenvalue weighted by Gasteiger charge is 2.33. The molecule has 0 N–H and O–H groups in total. The van der Waals surface area contributed by atoms with E-state index in [9.17, 15) is 26.7 Å². The number of nitrogens with zero attached hydrogens (tertiary/aromatic N) is 6. The summed E-state index contributed by atoms with van der Waals surface area (Å²) >= 11 is 0. The van der Waals surface area contributed by atoms with Gasteiger partial charge in [0.05, 0.1) is 24.1 Å². The van der Waals surface area contributed by atoms with Gasteiger partial charge in [-0.05, 0) is 60.4 Å². The highest BCUT2D eigenvalue weighted by atomic mass is 19.4. The summed E-state index contributed by atoms with van der Waals surface area (Å²) in [5, 5.41) is 9.03. The molecule has 0 spiro atoms. The molecule has 0 unspecified atom stereocenters. The Balaban J connectivity index is 1.46. The van der Waals surface area contributed by atoms with Crippen LogP contribution in [0.1, 0.15) is 42.2 Å². The smallest absolute Gasteiger partial charge is 0.406 e. The Kier molecular flexibility index (Phi) is 6.90. The van der Waals surface area contributed by atoms with Crippen molar-refractivity contribution in [3.05, 3.63) is 71.2 Å². The summed E-state index contributed by atoms with van der Waals surface area (Å²) in [6.45, 7) is 2.73. The number of aromatic nitrogens is 4. The zero-order valence-corrected chi connectivity index (χ0v) is 22.8. The van der Waals surface area contributed by atoms with Crippen LogP contribution >= 0.6 is 0 Å². The van der Waals surface area contributed by atoms with E-state index < -0.39 is 12.8 Å². The third-order valence-electron chi connectivity index (χ3n) is 7.67. The number of alkyl halides is 5. The molecule has 0 atom stereocenters. The van der Waals surface area contributed by atoms with Crippen LogP contribution in [-0.2, 0) is 31.2 Å². The van der Waals surface area contributed by atoms with Gasteiger partial charge in [-0.2, -0.15) is 5.10 Å². The van der Waals surface area contributed by atoms with Crippen molar-refractivity contribution in [1.29, 1.82) is 0 Å². The molecule has 1 amide bonds. The standard InChI is InChI=1S/C29H27F5N6O2/c1-17(41)38-11-9-25-24(16-38)28(36-40(25)20-5-7-21(8-6-20)42-29(32,33)34)39-10-3-4-18-12-22(19-14-35-37(2)15-19)23(27(30)31)13-26(18)39/h5-8,12-15,27H,3-4,9-11,16H2,1-2H3. The van der Waals surface area contributed by atoms with Crippen molar-refractivity contribution in [3.63, 3.8) is 0 Å². The molecule has 13 heteroatoms. The molecule has 0 saturated heterocycles. The van der Waals surface area contributed by atoms with Crippen molar-refractivity contribution in [2.75, 3.05) is 18.0 Å². The van der Waals surface area contributed by atoms with Gasteiger partial charge in [-0.25, -0.2) is 13.5 Å². The van der Waals surface area contributed by atoms with Gasteiger partial charge in [0.15, 0.2) is 5.82 Å². The van der Waals surface area contributed by atoms with Gasteiger partial charge < -0.3 is 14.5 Å². The number of amides is 1. The molecule has 4 aromatic rings. The van der Waals surface area contributed by atoms with E-state index in [1.807, 2.05) is 4.90 Å². The van der Waals surface area contributed by atoms with Crippen molar-refractivity contribution >= 4 is 17.4 Å². The molecule has 2 aliphatic heterocycles. The Bertz CT molecular complexity index is 1640. The predicted molar refractivity (Wildman–Crippen MR) is 144 cm³/mol. The van der Waals surface area contributed by atoms with Gasteiger partial charge in [0.1, 0.15) is 5.75 Å². The molecule has 6 rings (SSSR count). The summed E-state index contributed by atoms with van der Waals surface area (Å²) in [4.78, 5) is 15.9. The minimum Gasteiger partial charge on any atom is -0.406 e. The molecule has 8 nitrogen and oxygen atoms in total. The predicted octanol–water partition coefficient (Wildman–Crippen LogP) is 6.10. The highest BCUT2D eigenvalue weighted by Crippen LogP contribution is 2.43. The maximum atomic E-state index is 14.4. The number of hydrogen-bond donors (Lipinski definition) is 0. The van der Waals surface area contributed by atoms with Crippen molar-refractivity contribution < 1.29 is 31.5 Å². The highest BCUT2D eigenvalue weighted by molar-refractivity contribution is 5.78. The SMILES string of the molecule is CC(=O)N1CCc2c(c(N3CCCc4cc(-c5cnn(C)c5)c(C(F)F)cc43)nn2-c2ccc(OC(F)(F)F)cc2)C1. The van der Waals surface area contributed by atoms with Crippen LogP contribution < -0.4 is 9.64 Å². The van der Waals surface area contributed by atoms with Crippen LogP contribution in [0.15, 0.2) is 48.8 Å². The number of benzene rings is 2. The van der Waals surface area contributed by atoms with E-state index >= 15 is 0 Å². The number of ether oxygens (including phenoxy) is 1. The first-order valence-electron chi connectivity index (χ1n) is 13.4. The van der Waals surface area contributed by atoms with Crippen LogP contribution in [0.25, 0.3) is 16.8 Å². The van der Waals surface area contributed by atoms with Gasteiger partial charge in [0, 0.05) is 62.1 Å².